The molecule has 9 heteroatoms. The fraction of sp³-hybridized carbons (Fsp3) is 0.400. The third-order valence-electron chi connectivity index (χ3n) is 9.54. The first-order valence-corrected chi connectivity index (χ1v) is 15.3. The molecule has 0 aromatic heterocycles. The molecule has 0 saturated heterocycles. The molecule has 5 aliphatic heterocycles. The van der Waals surface area contributed by atoms with Gasteiger partial charge in [-0.15, -0.1) is 0 Å². The summed E-state index contributed by atoms with van der Waals surface area (Å²) in [6.07, 6.45) is 5.28. The number of aldehydes is 1. The summed E-state index contributed by atoms with van der Waals surface area (Å²) in [5, 5.41) is 20.4. The van der Waals surface area contributed by atoms with Crippen LogP contribution in [0.2, 0.25) is 0 Å². The molecule has 0 fully saturated rings. The highest BCUT2D eigenvalue weighted by atomic mass is 16.4. The topological polar surface area (TPSA) is 141 Å². The number of carboxylic acid groups (broad SMARTS) is 1. The van der Waals surface area contributed by atoms with Gasteiger partial charge in [-0.05, 0) is 74.5 Å². The van der Waals surface area contributed by atoms with Gasteiger partial charge in [-0.25, -0.2) is 15.0 Å². The van der Waals surface area contributed by atoms with Gasteiger partial charge in [0.05, 0.1) is 46.0 Å². The number of ketones is 1. The van der Waals surface area contributed by atoms with Gasteiger partial charge in [0.1, 0.15) is 0 Å². The maximum atomic E-state index is 13.6. The molecule has 3 atom stereocenters. The molecule has 1 aliphatic carbocycles. The highest BCUT2D eigenvalue weighted by Gasteiger charge is 2.43. The Morgan fingerprint density at radius 2 is 1.73 bits per heavy atom. The van der Waals surface area contributed by atoms with E-state index in [2.05, 4.69) is 0 Å². The predicted octanol–water partition coefficient (Wildman–Crippen LogP) is 5.51. The van der Waals surface area contributed by atoms with E-state index in [-0.39, 0.29) is 30.5 Å². The highest BCUT2D eigenvalue weighted by Crippen LogP contribution is 2.46. The van der Waals surface area contributed by atoms with Gasteiger partial charge in [0.25, 0.3) is 0 Å². The monoisotopic (exact) mass is 592 g/mol. The van der Waals surface area contributed by atoms with E-state index in [4.69, 9.17) is 20.0 Å². The van der Waals surface area contributed by atoms with Gasteiger partial charge in [0.15, 0.2) is 12.1 Å². The van der Waals surface area contributed by atoms with Crippen LogP contribution in [-0.2, 0) is 14.4 Å². The van der Waals surface area contributed by atoms with Crippen LogP contribution in [0.25, 0.3) is 0 Å². The average Bonchev–Trinajstić information content (AvgIpc) is 3.75. The molecule has 0 amide bonds. The Bertz CT molecular complexity index is 1810. The van der Waals surface area contributed by atoms with Crippen molar-refractivity contribution in [1.82, 2.24) is 0 Å². The van der Waals surface area contributed by atoms with Crippen LogP contribution >= 0.6 is 0 Å². The smallest absolute Gasteiger partial charge is 0.303 e. The molecule has 0 aromatic carbocycles. The lowest BCUT2D eigenvalue weighted by atomic mass is 9.82. The minimum atomic E-state index is -0.882. The zero-order valence-electron chi connectivity index (χ0n) is 25.9. The van der Waals surface area contributed by atoms with Crippen molar-refractivity contribution in [3.05, 3.63) is 79.5 Å². The van der Waals surface area contributed by atoms with E-state index in [1.807, 2.05) is 40.7 Å². The zero-order valence-corrected chi connectivity index (χ0v) is 25.9. The summed E-state index contributed by atoms with van der Waals surface area (Å²) in [7, 11) is 0. The standard InChI is InChI=1S/C35H36N4O5/c1-7-19-23(14-40)26-13-27-30(18(6)41)16(4)33(38-27)17(5)32-15(3)21(9-10-29(43)44)34(39-32)22-11-28(42)31-20(8-2)25(37-35(22)31)12-24(19)36-26/h12-15,18,21,41H,7-11H2,1-6H3,(H,43,44). The number of nitrogens with zero attached hydrogens (tertiary/aromatic N) is 4. The second-order valence-corrected chi connectivity index (χ2v) is 12.1. The van der Waals surface area contributed by atoms with Crippen LogP contribution in [0, 0.1) is 11.8 Å². The van der Waals surface area contributed by atoms with E-state index in [0.29, 0.717) is 70.2 Å². The molecule has 0 aromatic rings. The normalized spacial score (nSPS) is 25.1. The number of aliphatic hydroxyl groups is 1. The predicted molar refractivity (Wildman–Crippen MR) is 170 cm³/mol. The second kappa shape index (κ2) is 11.0. The lowest BCUT2D eigenvalue weighted by molar-refractivity contribution is -0.137. The summed E-state index contributed by atoms with van der Waals surface area (Å²) >= 11 is 0. The van der Waals surface area contributed by atoms with Crippen molar-refractivity contribution in [3.8, 4) is 0 Å². The molecule has 2 N–H and O–H groups in total. The number of fused-ring (bicyclic) bond motifs is 4. The van der Waals surface area contributed by atoms with Crippen LogP contribution in [0.3, 0.4) is 0 Å². The first kappa shape index (κ1) is 29.7. The zero-order chi connectivity index (χ0) is 31.6. The van der Waals surface area contributed by atoms with E-state index >= 15 is 0 Å². The molecule has 0 spiro atoms. The van der Waals surface area contributed by atoms with Crippen molar-refractivity contribution in [2.45, 2.75) is 79.8 Å². The third kappa shape index (κ3) is 4.44. The number of hydrogen-bond acceptors (Lipinski definition) is 8. The number of carboxylic acids is 1. The molecule has 0 saturated carbocycles. The molecule has 5 heterocycles. The molecule has 3 unspecified atom stereocenters. The Labute approximate surface area is 256 Å². The summed E-state index contributed by atoms with van der Waals surface area (Å²) < 4.78 is 0. The quantitative estimate of drug-likeness (QED) is 0.375. The number of hydrogen-bond donors (Lipinski definition) is 2. The maximum absolute atomic E-state index is 13.6. The van der Waals surface area contributed by atoms with Crippen LogP contribution in [0.4, 0.5) is 0 Å². The number of aliphatic carboxylic acids is 1. The summed E-state index contributed by atoms with van der Waals surface area (Å²) in [6, 6.07) is 0. The van der Waals surface area contributed by atoms with E-state index < -0.39 is 12.1 Å². The molecule has 9 nitrogen and oxygen atoms in total. The summed E-state index contributed by atoms with van der Waals surface area (Å²) in [5.41, 5.74) is 10.8. The maximum Gasteiger partial charge on any atom is 0.303 e. The van der Waals surface area contributed by atoms with Crippen LogP contribution in [0.15, 0.2) is 99.5 Å². The number of Topliss-reactive ketones (excluding diaryl/α,β-unsaturated/α-hetero) is 1. The lowest BCUT2D eigenvalue weighted by Crippen LogP contribution is -2.20. The third-order valence-corrected chi connectivity index (χ3v) is 9.54. The molecule has 44 heavy (non-hydrogen) atoms. The van der Waals surface area contributed by atoms with Crippen molar-refractivity contribution in [2.24, 2.45) is 31.8 Å². The number of aliphatic hydroxyl groups excluding tert-OH is 1. The minimum absolute atomic E-state index is 0.0184. The van der Waals surface area contributed by atoms with Crippen LogP contribution in [0.5, 0.6) is 0 Å². The number of carbonyl (C=O) groups excluding carboxylic acids is 2. The first-order valence-electron chi connectivity index (χ1n) is 15.3. The Morgan fingerprint density at radius 1 is 1.02 bits per heavy atom. The number of allylic oxidation sites excluding steroid dienone is 10. The van der Waals surface area contributed by atoms with Gasteiger partial charge in [-0.3, -0.25) is 19.4 Å². The fourth-order valence-electron chi connectivity index (χ4n) is 7.43. The van der Waals surface area contributed by atoms with E-state index in [1.165, 1.54) is 0 Å². The Hall–Kier alpha value is -4.37. The molecule has 0 radical (unpaired) electrons. The molecule has 6 aliphatic rings. The molecule has 8 bridgehead atoms. The number of carbonyl (C=O) groups is 3. The van der Waals surface area contributed by atoms with Gasteiger partial charge in [-0.2, -0.15) is 0 Å². The largest absolute Gasteiger partial charge is 0.481 e. The molecular weight excluding hydrogens is 556 g/mol. The van der Waals surface area contributed by atoms with Gasteiger partial charge in [-0.1, -0.05) is 20.8 Å². The fourth-order valence-corrected chi connectivity index (χ4v) is 7.43. The average molecular weight is 593 g/mol. The van der Waals surface area contributed by atoms with Crippen LogP contribution in [-0.4, -0.2) is 57.2 Å². The molecule has 6 rings (SSSR count). The van der Waals surface area contributed by atoms with Gasteiger partial charge >= 0.3 is 5.97 Å². The van der Waals surface area contributed by atoms with Crippen molar-refractivity contribution >= 4 is 40.9 Å². The van der Waals surface area contributed by atoms with E-state index in [9.17, 15) is 24.6 Å². The second-order valence-electron chi connectivity index (χ2n) is 12.1. The van der Waals surface area contributed by atoms with Crippen molar-refractivity contribution in [3.63, 3.8) is 0 Å². The SMILES string of the molecule is CCC1=C(C=O)C2=NC1=CC1=NC3=C(CC(=O)C3=C1CC)C1=NC(=C(C)C3=NC(=C2)C(C(C)O)=C3C)C(C)C1CCC(=O)O. The van der Waals surface area contributed by atoms with E-state index in [1.54, 1.807) is 13.0 Å². The van der Waals surface area contributed by atoms with E-state index in [0.717, 1.165) is 45.6 Å². The summed E-state index contributed by atoms with van der Waals surface area (Å²) in [4.78, 5) is 57.7. The molecular formula is C35H36N4O5. The Morgan fingerprint density at radius 3 is 2.36 bits per heavy atom. The number of aliphatic imine (C=N–C) groups is 4. The Kier molecular flexibility index (Phi) is 7.40. The van der Waals surface area contributed by atoms with Crippen LogP contribution < -0.4 is 0 Å². The van der Waals surface area contributed by atoms with Gasteiger partial charge < -0.3 is 10.2 Å². The minimum Gasteiger partial charge on any atom is -0.481 e. The van der Waals surface area contributed by atoms with Crippen molar-refractivity contribution in [1.29, 1.82) is 0 Å². The van der Waals surface area contributed by atoms with Crippen molar-refractivity contribution in [2.75, 3.05) is 0 Å². The highest BCUT2D eigenvalue weighted by molar-refractivity contribution is 6.28. The van der Waals surface area contributed by atoms with Crippen molar-refractivity contribution < 1.29 is 24.6 Å². The molecule has 226 valence electrons. The first-order chi connectivity index (χ1) is 21.0. The summed E-state index contributed by atoms with van der Waals surface area (Å²) in [6.45, 7) is 11.6. The lowest BCUT2D eigenvalue weighted by Gasteiger charge is -2.19. The van der Waals surface area contributed by atoms with Gasteiger partial charge in [0, 0.05) is 52.7 Å². The van der Waals surface area contributed by atoms with Gasteiger partial charge in [0.2, 0.25) is 0 Å². The summed E-state index contributed by atoms with van der Waals surface area (Å²) in [5.74, 6) is -1.25. The number of rotatable bonds is 7. The van der Waals surface area contributed by atoms with Crippen LogP contribution in [0.1, 0.15) is 73.6 Å². The Balaban J connectivity index is 1.69.